The summed E-state index contributed by atoms with van der Waals surface area (Å²) in [6.07, 6.45) is 9.90. The Bertz CT molecular complexity index is 1430. The maximum absolute atomic E-state index is 13.3. The van der Waals surface area contributed by atoms with Gasteiger partial charge in [-0.15, -0.1) is 0 Å². The second kappa shape index (κ2) is 6.10. The lowest BCUT2D eigenvalue weighted by atomic mass is 9.98. The third-order valence-electron chi connectivity index (χ3n) is 5.62. The fourth-order valence-corrected chi connectivity index (χ4v) is 4.06. The number of hydrogen-bond acceptors (Lipinski definition) is 3. The van der Waals surface area contributed by atoms with E-state index in [2.05, 4.69) is 21.2 Å². The van der Waals surface area contributed by atoms with Gasteiger partial charge < -0.3 is 4.98 Å². The normalized spacial score (nSPS) is 13.9. The number of fused-ring (bicyclic) bond motifs is 2. The van der Waals surface area contributed by atoms with Crippen LogP contribution in [-0.2, 0) is 0 Å². The van der Waals surface area contributed by atoms with Gasteiger partial charge in [0.25, 0.3) is 5.69 Å². The number of H-pyrrole nitrogens is 2. The quantitative estimate of drug-likeness (QED) is 0.469. The summed E-state index contributed by atoms with van der Waals surface area (Å²) in [6, 6.07) is 13.8. The number of rotatable bonds is 3. The van der Waals surface area contributed by atoms with Gasteiger partial charge in [0.1, 0.15) is 5.52 Å². The fourth-order valence-electron chi connectivity index (χ4n) is 4.06. The molecule has 0 atom stereocenters. The molecule has 0 unspecified atom stereocenters. The molecule has 1 fully saturated rings. The van der Waals surface area contributed by atoms with Crippen LogP contribution in [0, 0.1) is 0 Å². The summed E-state index contributed by atoms with van der Waals surface area (Å²) in [4.78, 5) is 21.2. The first-order valence-electron chi connectivity index (χ1n) is 9.74. The van der Waals surface area contributed by atoms with Gasteiger partial charge in [0.2, 0.25) is 0 Å². The predicted molar refractivity (Wildman–Crippen MR) is 111 cm³/mol. The molecule has 6 rings (SSSR count). The van der Waals surface area contributed by atoms with Crippen LogP contribution in [0.3, 0.4) is 0 Å². The molecule has 0 bridgehead atoms. The highest BCUT2D eigenvalue weighted by molar-refractivity contribution is 6.04. The molecule has 0 amide bonds. The lowest BCUT2D eigenvalue weighted by molar-refractivity contribution is -0.596. The van der Waals surface area contributed by atoms with E-state index < -0.39 is 0 Å². The third-order valence-corrected chi connectivity index (χ3v) is 5.62. The summed E-state index contributed by atoms with van der Waals surface area (Å²) >= 11 is 0. The van der Waals surface area contributed by atoms with Crippen molar-refractivity contribution in [2.45, 2.75) is 18.8 Å². The maximum Gasteiger partial charge on any atom is 0.321 e. The Labute approximate surface area is 165 Å². The summed E-state index contributed by atoms with van der Waals surface area (Å²) in [5, 5.41) is 8.18. The van der Waals surface area contributed by atoms with Crippen molar-refractivity contribution < 1.29 is 4.57 Å². The highest BCUT2D eigenvalue weighted by atomic mass is 16.1. The number of nitrogens with one attached hydrogen (secondary N) is 2. The van der Waals surface area contributed by atoms with E-state index in [9.17, 15) is 4.79 Å². The van der Waals surface area contributed by atoms with Gasteiger partial charge in [0.05, 0.1) is 22.8 Å². The summed E-state index contributed by atoms with van der Waals surface area (Å²) < 4.78 is 1.85. The molecule has 1 aliphatic carbocycles. The van der Waals surface area contributed by atoms with Crippen LogP contribution in [0.15, 0.2) is 72.0 Å². The van der Waals surface area contributed by atoms with Crippen molar-refractivity contribution in [2.24, 2.45) is 0 Å². The fraction of sp³-hybridized carbons (Fsp3) is 0.130. The van der Waals surface area contributed by atoms with E-state index in [0.29, 0.717) is 11.6 Å². The predicted octanol–water partition coefficient (Wildman–Crippen LogP) is 3.62. The van der Waals surface area contributed by atoms with E-state index >= 15 is 0 Å². The number of aromatic nitrogens is 5. The molecule has 140 valence electrons. The lowest BCUT2D eigenvalue weighted by Gasteiger charge is -2.10. The van der Waals surface area contributed by atoms with Gasteiger partial charge in [-0.25, -0.2) is 0 Å². The smallest absolute Gasteiger partial charge is 0.315 e. The van der Waals surface area contributed by atoms with Crippen LogP contribution >= 0.6 is 0 Å². The molecule has 29 heavy (non-hydrogen) atoms. The van der Waals surface area contributed by atoms with E-state index in [1.165, 1.54) is 18.4 Å². The summed E-state index contributed by atoms with van der Waals surface area (Å²) in [5.41, 5.74) is 5.84. The van der Waals surface area contributed by atoms with Crippen LogP contribution in [0.25, 0.3) is 38.8 Å². The molecule has 4 aromatic heterocycles. The van der Waals surface area contributed by atoms with Gasteiger partial charge in [-0.1, -0.05) is 18.2 Å². The summed E-state index contributed by atoms with van der Waals surface area (Å²) in [5.74, 6) is 0.569. The number of hydrogen-bond donors (Lipinski definition) is 2. The average Bonchev–Trinajstić information content (AvgIpc) is 3.49. The first-order valence-corrected chi connectivity index (χ1v) is 9.74. The zero-order chi connectivity index (χ0) is 19.4. The molecule has 0 saturated heterocycles. The molecule has 1 saturated carbocycles. The summed E-state index contributed by atoms with van der Waals surface area (Å²) in [6.45, 7) is 0. The second-order valence-corrected chi connectivity index (χ2v) is 7.54. The van der Waals surface area contributed by atoms with Gasteiger partial charge in [0.15, 0.2) is 12.4 Å². The molecular formula is C23H18N5O+. The van der Waals surface area contributed by atoms with Crippen molar-refractivity contribution in [2.75, 3.05) is 0 Å². The van der Waals surface area contributed by atoms with Crippen LogP contribution in [0.4, 0.5) is 0 Å². The van der Waals surface area contributed by atoms with Crippen LogP contribution in [0.2, 0.25) is 0 Å². The molecule has 6 nitrogen and oxygen atoms in total. The van der Waals surface area contributed by atoms with E-state index in [-0.39, 0.29) is 5.56 Å². The Morgan fingerprint density at radius 1 is 1.00 bits per heavy atom. The standard InChI is InChI=1S/C23H17N5O/c29-23-22(28-9-2-1-3-10-28)20(16-5-4-6-18-17(16)13-25-27-18)21-19(26-23)11-15(12-24-21)14-7-8-14/h1-6,9-14H,7-8H2,(H-,25,26,27,29)/p+1. The van der Waals surface area contributed by atoms with E-state index in [0.717, 1.165) is 33.1 Å². The van der Waals surface area contributed by atoms with Crippen LogP contribution in [0.1, 0.15) is 24.3 Å². The minimum absolute atomic E-state index is 0.140. The van der Waals surface area contributed by atoms with Gasteiger partial charge in [-0.2, -0.15) is 9.67 Å². The molecular weight excluding hydrogens is 362 g/mol. The molecule has 4 heterocycles. The SMILES string of the molecule is O=c1[nH]c2cc(C3CC3)cnc2c(-c2cccc3[nH]ncc23)c1-[n+]1ccccc1. The zero-order valence-corrected chi connectivity index (χ0v) is 15.6. The van der Waals surface area contributed by atoms with E-state index in [4.69, 9.17) is 4.98 Å². The molecule has 0 spiro atoms. The average molecular weight is 380 g/mol. The third kappa shape index (κ3) is 2.56. The zero-order valence-electron chi connectivity index (χ0n) is 15.6. The molecule has 0 radical (unpaired) electrons. The number of benzene rings is 1. The highest BCUT2D eigenvalue weighted by Gasteiger charge is 2.28. The van der Waals surface area contributed by atoms with Gasteiger partial charge in [-0.3, -0.25) is 14.9 Å². The Balaban J connectivity index is 1.76. The van der Waals surface area contributed by atoms with Crippen molar-refractivity contribution in [1.82, 2.24) is 20.2 Å². The van der Waals surface area contributed by atoms with Crippen molar-refractivity contribution in [3.8, 4) is 16.8 Å². The van der Waals surface area contributed by atoms with Crippen molar-refractivity contribution in [3.63, 3.8) is 0 Å². The maximum atomic E-state index is 13.3. The lowest BCUT2D eigenvalue weighted by Crippen LogP contribution is -2.37. The molecule has 1 aromatic carbocycles. The van der Waals surface area contributed by atoms with Crippen LogP contribution in [-0.4, -0.2) is 20.2 Å². The first-order chi connectivity index (χ1) is 14.3. The van der Waals surface area contributed by atoms with Gasteiger partial charge in [0, 0.05) is 29.3 Å². The Morgan fingerprint density at radius 3 is 2.69 bits per heavy atom. The van der Waals surface area contributed by atoms with E-state index in [1.54, 1.807) is 6.20 Å². The van der Waals surface area contributed by atoms with Crippen molar-refractivity contribution in [3.05, 3.63) is 83.2 Å². The number of nitrogens with zero attached hydrogens (tertiary/aromatic N) is 3. The second-order valence-electron chi connectivity index (χ2n) is 7.54. The van der Waals surface area contributed by atoms with Crippen molar-refractivity contribution in [1.29, 1.82) is 0 Å². The Kier molecular flexibility index (Phi) is 3.41. The van der Waals surface area contributed by atoms with Crippen LogP contribution < -0.4 is 10.1 Å². The van der Waals surface area contributed by atoms with Gasteiger partial charge in [-0.05, 0) is 36.5 Å². The highest BCUT2D eigenvalue weighted by Crippen LogP contribution is 2.41. The molecule has 1 aliphatic rings. The topological polar surface area (TPSA) is 78.3 Å². The minimum atomic E-state index is -0.140. The largest absolute Gasteiger partial charge is 0.321 e. The van der Waals surface area contributed by atoms with Gasteiger partial charge >= 0.3 is 5.56 Å². The molecule has 5 aromatic rings. The monoisotopic (exact) mass is 380 g/mol. The van der Waals surface area contributed by atoms with Crippen LogP contribution in [0.5, 0.6) is 0 Å². The number of aromatic amines is 2. The minimum Gasteiger partial charge on any atom is -0.315 e. The summed E-state index contributed by atoms with van der Waals surface area (Å²) in [7, 11) is 0. The number of pyridine rings is 3. The molecule has 6 heteroatoms. The molecule has 2 N–H and O–H groups in total. The van der Waals surface area contributed by atoms with Crippen molar-refractivity contribution >= 4 is 21.9 Å². The first kappa shape index (κ1) is 16.2. The van der Waals surface area contributed by atoms with E-state index in [1.807, 2.05) is 59.6 Å². The Hall–Kier alpha value is -3.80. The Morgan fingerprint density at radius 2 is 1.86 bits per heavy atom. The molecule has 0 aliphatic heterocycles.